The number of benzene rings is 1. The zero-order valence-electron chi connectivity index (χ0n) is 10.7. The second kappa shape index (κ2) is 6.17. The van der Waals surface area contributed by atoms with Crippen molar-refractivity contribution in [1.82, 2.24) is 9.55 Å². The van der Waals surface area contributed by atoms with Gasteiger partial charge in [-0.25, -0.2) is 9.37 Å². The molecule has 0 saturated heterocycles. The van der Waals surface area contributed by atoms with E-state index in [1.54, 1.807) is 18.3 Å². The molecule has 0 saturated carbocycles. The van der Waals surface area contributed by atoms with Gasteiger partial charge in [0.2, 0.25) is 0 Å². The second-order valence-electron chi connectivity index (χ2n) is 4.10. The van der Waals surface area contributed by atoms with Gasteiger partial charge in [-0.3, -0.25) is 0 Å². The van der Waals surface area contributed by atoms with Crippen molar-refractivity contribution in [2.75, 3.05) is 6.61 Å². The fourth-order valence-electron chi connectivity index (χ4n) is 1.90. The minimum absolute atomic E-state index is 0.273. The molecule has 1 aromatic heterocycles. The summed E-state index contributed by atoms with van der Waals surface area (Å²) in [5.74, 6) is 5.70. The molecule has 1 aromatic carbocycles. The van der Waals surface area contributed by atoms with Crippen LogP contribution in [0, 0.1) is 17.7 Å². The lowest BCUT2D eigenvalue weighted by Crippen LogP contribution is -2.04. The van der Waals surface area contributed by atoms with E-state index in [2.05, 4.69) is 16.8 Å². The topological polar surface area (TPSA) is 38.0 Å². The molecular weight excluding hydrogens is 243 g/mol. The summed E-state index contributed by atoms with van der Waals surface area (Å²) >= 11 is 0. The van der Waals surface area contributed by atoms with Crippen LogP contribution in [0.25, 0.3) is 0 Å². The summed E-state index contributed by atoms with van der Waals surface area (Å²) in [6, 6.07) is 4.84. The molecule has 1 heterocycles. The molecule has 2 rings (SSSR count). The van der Waals surface area contributed by atoms with E-state index in [4.69, 9.17) is 5.11 Å². The standard InChI is InChI=1S/C15H15FN2O/c1-2-15-17-7-8-18(15)11-12-5-6-14(16)13(10-12)4-3-9-19/h5-8,10,19H,2,9,11H2,1H3. The molecule has 0 radical (unpaired) electrons. The van der Waals surface area contributed by atoms with Gasteiger partial charge in [-0.15, -0.1) is 0 Å². The first-order valence-electron chi connectivity index (χ1n) is 6.12. The number of aryl methyl sites for hydroxylation is 1. The summed E-state index contributed by atoms with van der Waals surface area (Å²) in [6.45, 7) is 2.41. The number of imidazole rings is 1. The molecule has 0 unspecified atom stereocenters. The van der Waals surface area contributed by atoms with Crippen molar-refractivity contribution >= 4 is 0 Å². The third kappa shape index (κ3) is 3.21. The Morgan fingerprint density at radius 1 is 1.42 bits per heavy atom. The molecule has 3 nitrogen and oxygen atoms in total. The number of aromatic nitrogens is 2. The molecule has 98 valence electrons. The maximum atomic E-state index is 13.5. The first-order chi connectivity index (χ1) is 9.24. The number of aliphatic hydroxyl groups excluding tert-OH is 1. The van der Waals surface area contributed by atoms with Crippen LogP contribution in [0.1, 0.15) is 23.9 Å². The number of aliphatic hydroxyl groups is 1. The molecule has 0 aliphatic heterocycles. The number of halogens is 1. The maximum Gasteiger partial charge on any atom is 0.138 e. The van der Waals surface area contributed by atoms with E-state index < -0.39 is 0 Å². The second-order valence-corrected chi connectivity index (χ2v) is 4.10. The Hall–Kier alpha value is -2.12. The molecule has 19 heavy (non-hydrogen) atoms. The minimum atomic E-state index is -0.369. The van der Waals surface area contributed by atoms with Crippen LogP contribution in [0.2, 0.25) is 0 Å². The lowest BCUT2D eigenvalue weighted by atomic mass is 10.1. The van der Waals surface area contributed by atoms with Gasteiger partial charge < -0.3 is 9.67 Å². The molecule has 1 N–H and O–H groups in total. The van der Waals surface area contributed by atoms with Crippen LogP contribution in [-0.2, 0) is 13.0 Å². The Bertz CT molecular complexity index is 623. The van der Waals surface area contributed by atoms with Gasteiger partial charge in [-0.05, 0) is 17.7 Å². The molecule has 4 heteroatoms. The Morgan fingerprint density at radius 3 is 3.00 bits per heavy atom. The summed E-state index contributed by atoms with van der Waals surface area (Å²) in [6.07, 6.45) is 4.52. The maximum absolute atomic E-state index is 13.5. The van der Waals surface area contributed by atoms with Gasteiger partial charge in [0.05, 0.1) is 5.56 Å². The van der Waals surface area contributed by atoms with E-state index >= 15 is 0 Å². The van der Waals surface area contributed by atoms with Crippen LogP contribution in [-0.4, -0.2) is 21.3 Å². The largest absolute Gasteiger partial charge is 0.384 e. The molecule has 0 spiro atoms. The van der Waals surface area contributed by atoms with Gasteiger partial charge in [0, 0.05) is 25.4 Å². The van der Waals surface area contributed by atoms with Crippen molar-refractivity contribution in [2.45, 2.75) is 19.9 Å². The Kier molecular flexibility index (Phi) is 4.32. The Morgan fingerprint density at radius 2 is 2.26 bits per heavy atom. The zero-order valence-corrected chi connectivity index (χ0v) is 10.7. The average Bonchev–Trinajstić information content (AvgIpc) is 2.86. The summed E-state index contributed by atoms with van der Waals surface area (Å²) in [5.41, 5.74) is 1.26. The van der Waals surface area contributed by atoms with Crippen molar-refractivity contribution in [3.05, 3.63) is 53.4 Å². The first-order valence-corrected chi connectivity index (χ1v) is 6.12. The van der Waals surface area contributed by atoms with Crippen molar-refractivity contribution in [1.29, 1.82) is 0 Å². The van der Waals surface area contributed by atoms with E-state index in [9.17, 15) is 4.39 Å². The van der Waals surface area contributed by atoms with E-state index in [1.165, 1.54) is 6.07 Å². The molecule has 0 aliphatic rings. The highest BCUT2D eigenvalue weighted by atomic mass is 19.1. The number of rotatable bonds is 3. The molecule has 0 aliphatic carbocycles. The lowest BCUT2D eigenvalue weighted by molar-refractivity contribution is 0.350. The quantitative estimate of drug-likeness (QED) is 0.855. The van der Waals surface area contributed by atoms with Crippen LogP contribution in [0.4, 0.5) is 4.39 Å². The van der Waals surface area contributed by atoms with E-state index in [0.29, 0.717) is 12.1 Å². The van der Waals surface area contributed by atoms with Gasteiger partial charge in [-0.1, -0.05) is 24.8 Å². The highest BCUT2D eigenvalue weighted by molar-refractivity contribution is 5.38. The number of hydrogen-bond donors (Lipinski definition) is 1. The van der Waals surface area contributed by atoms with Crippen molar-refractivity contribution < 1.29 is 9.50 Å². The Balaban J connectivity index is 2.26. The summed E-state index contributed by atoms with van der Waals surface area (Å²) in [7, 11) is 0. The predicted octanol–water partition coefficient (Wildman–Crippen LogP) is 1.98. The fraction of sp³-hybridized carbons (Fsp3) is 0.267. The molecule has 0 bridgehead atoms. The van der Waals surface area contributed by atoms with Crippen molar-refractivity contribution in [3.63, 3.8) is 0 Å². The Labute approximate surface area is 111 Å². The fourth-order valence-corrected chi connectivity index (χ4v) is 1.90. The smallest absolute Gasteiger partial charge is 0.138 e. The molecular formula is C15H15FN2O. The zero-order chi connectivity index (χ0) is 13.7. The predicted molar refractivity (Wildman–Crippen MR) is 71.1 cm³/mol. The monoisotopic (exact) mass is 258 g/mol. The number of hydrogen-bond acceptors (Lipinski definition) is 2. The first kappa shape index (κ1) is 13.3. The summed E-state index contributed by atoms with van der Waals surface area (Å²) in [4.78, 5) is 4.25. The lowest BCUT2D eigenvalue weighted by Gasteiger charge is -2.07. The molecule has 0 atom stereocenters. The highest BCUT2D eigenvalue weighted by Gasteiger charge is 2.04. The SMILES string of the molecule is CCc1nccn1Cc1ccc(F)c(C#CCO)c1. The van der Waals surface area contributed by atoms with Crippen LogP contribution in [0.5, 0.6) is 0 Å². The van der Waals surface area contributed by atoms with Gasteiger partial charge >= 0.3 is 0 Å². The molecule has 0 amide bonds. The van der Waals surface area contributed by atoms with Crippen LogP contribution in [0.3, 0.4) is 0 Å². The van der Waals surface area contributed by atoms with Crippen LogP contribution >= 0.6 is 0 Å². The van der Waals surface area contributed by atoms with Gasteiger partial charge in [-0.2, -0.15) is 0 Å². The normalized spacial score (nSPS) is 10.1. The minimum Gasteiger partial charge on any atom is -0.384 e. The van der Waals surface area contributed by atoms with Crippen molar-refractivity contribution in [2.24, 2.45) is 0 Å². The van der Waals surface area contributed by atoms with Gasteiger partial charge in [0.25, 0.3) is 0 Å². The third-order valence-corrected chi connectivity index (χ3v) is 2.80. The summed E-state index contributed by atoms with van der Waals surface area (Å²) in [5, 5.41) is 8.66. The van der Waals surface area contributed by atoms with E-state index in [1.807, 2.05) is 17.7 Å². The highest BCUT2D eigenvalue weighted by Crippen LogP contribution is 2.12. The molecule has 0 fully saturated rings. The molecule has 2 aromatic rings. The van der Waals surface area contributed by atoms with Crippen LogP contribution < -0.4 is 0 Å². The van der Waals surface area contributed by atoms with E-state index in [-0.39, 0.29) is 12.4 Å². The van der Waals surface area contributed by atoms with Gasteiger partial charge in [0.1, 0.15) is 18.2 Å². The third-order valence-electron chi connectivity index (χ3n) is 2.80. The average molecular weight is 258 g/mol. The van der Waals surface area contributed by atoms with Crippen LogP contribution in [0.15, 0.2) is 30.6 Å². The summed E-state index contributed by atoms with van der Waals surface area (Å²) < 4.78 is 15.5. The van der Waals surface area contributed by atoms with Gasteiger partial charge in [0.15, 0.2) is 0 Å². The van der Waals surface area contributed by atoms with E-state index in [0.717, 1.165) is 17.8 Å². The van der Waals surface area contributed by atoms with Crippen molar-refractivity contribution in [3.8, 4) is 11.8 Å². The number of nitrogens with zero attached hydrogens (tertiary/aromatic N) is 2.